The van der Waals surface area contributed by atoms with E-state index in [0.29, 0.717) is 49.4 Å². The Morgan fingerprint density at radius 1 is 1.10 bits per heavy atom. The van der Waals surface area contributed by atoms with Gasteiger partial charge in [-0.2, -0.15) is 5.10 Å². The smallest absolute Gasteiger partial charge is 0.259 e. The van der Waals surface area contributed by atoms with Crippen LogP contribution in [0.5, 0.6) is 5.88 Å². The molecule has 1 saturated heterocycles. The highest BCUT2D eigenvalue weighted by Crippen LogP contribution is 2.19. The van der Waals surface area contributed by atoms with Crippen LogP contribution in [0.25, 0.3) is 11.0 Å². The number of hydrogen-bond donors (Lipinski definition) is 0. The number of carbonyl (C=O) groups is 1. The van der Waals surface area contributed by atoms with Gasteiger partial charge < -0.3 is 14.2 Å². The molecule has 0 N–H and O–H groups in total. The van der Waals surface area contributed by atoms with Crippen molar-refractivity contribution >= 4 is 16.9 Å². The summed E-state index contributed by atoms with van der Waals surface area (Å²) in [6.45, 7) is 7.41. The summed E-state index contributed by atoms with van der Waals surface area (Å²) in [5.74, 6) is 0.256. The van der Waals surface area contributed by atoms with Crippen LogP contribution in [0.4, 0.5) is 0 Å². The maximum Gasteiger partial charge on any atom is 0.259 e. The summed E-state index contributed by atoms with van der Waals surface area (Å²) >= 11 is 0. The van der Waals surface area contributed by atoms with Crippen LogP contribution in [0, 0.1) is 13.8 Å². The number of fused-ring (bicyclic) bond motifs is 1. The Labute approximate surface area is 174 Å². The fraction of sp³-hybridized carbons (Fsp3) is 0.409. The van der Waals surface area contributed by atoms with E-state index in [1.165, 1.54) is 0 Å². The van der Waals surface area contributed by atoms with E-state index in [4.69, 9.17) is 4.74 Å². The number of amides is 1. The van der Waals surface area contributed by atoms with Crippen molar-refractivity contribution in [1.29, 1.82) is 0 Å². The highest BCUT2D eigenvalue weighted by molar-refractivity contribution is 5.97. The van der Waals surface area contributed by atoms with E-state index in [2.05, 4.69) is 15.2 Å². The van der Waals surface area contributed by atoms with Crippen molar-refractivity contribution in [3.63, 3.8) is 0 Å². The van der Waals surface area contributed by atoms with E-state index in [9.17, 15) is 9.59 Å². The fourth-order valence-corrected chi connectivity index (χ4v) is 3.72. The van der Waals surface area contributed by atoms with Gasteiger partial charge in [0, 0.05) is 50.4 Å². The zero-order valence-electron chi connectivity index (χ0n) is 17.5. The van der Waals surface area contributed by atoms with Gasteiger partial charge >= 0.3 is 0 Å². The second kappa shape index (κ2) is 8.22. The molecule has 0 unspecified atom stereocenters. The molecule has 4 rings (SSSR count). The van der Waals surface area contributed by atoms with Crippen molar-refractivity contribution in [2.45, 2.75) is 46.3 Å². The molecule has 1 aliphatic heterocycles. The Bertz CT molecular complexity index is 1130. The van der Waals surface area contributed by atoms with Crippen molar-refractivity contribution in [2.75, 3.05) is 13.1 Å². The second-order valence-electron chi connectivity index (χ2n) is 7.60. The Balaban J connectivity index is 1.51. The molecule has 1 fully saturated rings. The average molecular weight is 407 g/mol. The standard InChI is InChI=1S/C22H25N5O3/c1-4-26-13-18(20(28)17-7-5-14(2)23-21(17)26)22(29)27-11-9-16(10-12-27)30-19-8-6-15(3)24-25-19/h5-8,13,16H,4,9-12H2,1-3H3. The Morgan fingerprint density at radius 2 is 1.83 bits per heavy atom. The molecular weight excluding hydrogens is 382 g/mol. The van der Waals surface area contributed by atoms with Gasteiger partial charge in [0.15, 0.2) is 0 Å². The second-order valence-corrected chi connectivity index (χ2v) is 7.60. The first-order valence-corrected chi connectivity index (χ1v) is 10.2. The zero-order chi connectivity index (χ0) is 21.3. The van der Waals surface area contributed by atoms with E-state index < -0.39 is 0 Å². The molecule has 156 valence electrons. The molecule has 3 aromatic rings. The summed E-state index contributed by atoms with van der Waals surface area (Å²) in [6.07, 6.45) is 2.97. The number of ether oxygens (including phenoxy) is 1. The van der Waals surface area contributed by atoms with E-state index in [0.717, 1.165) is 11.4 Å². The molecule has 8 heteroatoms. The van der Waals surface area contributed by atoms with Crippen molar-refractivity contribution in [2.24, 2.45) is 0 Å². The average Bonchev–Trinajstić information content (AvgIpc) is 2.76. The molecule has 4 heterocycles. The van der Waals surface area contributed by atoms with Crippen molar-refractivity contribution < 1.29 is 9.53 Å². The number of rotatable bonds is 4. The maximum atomic E-state index is 13.1. The molecule has 0 bridgehead atoms. The number of piperidine rings is 1. The first-order chi connectivity index (χ1) is 14.5. The van der Waals surface area contributed by atoms with E-state index in [1.807, 2.05) is 31.4 Å². The van der Waals surface area contributed by atoms with Crippen LogP contribution in [0.3, 0.4) is 0 Å². The lowest BCUT2D eigenvalue weighted by Gasteiger charge is -2.31. The monoisotopic (exact) mass is 407 g/mol. The van der Waals surface area contributed by atoms with Gasteiger partial charge in [0.1, 0.15) is 17.3 Å². The highest BCUT2D eigenvalue weighted by Gasteiger charge is 2.27. The number of hydrogen-bond acceptors (Lipinski definition) is 6. The third-order valence-electron chi connectivity index (χ3n) is 5.42. The number of aryl methyl sites for hydroxylation is 3. The molecule has 0 atom stereocenters. The molecule has 30 heavy (non-hydrogen) atoms. The topological polar surface area (TPSA) is 90.2 Å². The molecule has 1 amide bonds. The molecular formula is C22H25N5O3. The lowest BCUT2D eigenvalue weighted by molar-refractivity contribution is 0.0584. The minimum Gasteiger partial charge on any atom is -0.473 e. The lowest BCUT2D eigenvalue weighted by Crippen LogP contribution is -2.43. The zero-order valence-corrected chi connectivity index (χ0v) is 17.5. The third kappa shape index (κ3) is 3.90. The summed E-state index contributed by atoms with van der Waals surface area (Å²) in [5.41, 5.74) is 2.22. The van der Waals surface area contributed by atoms with E-state index in [-0.39, 0.29) is 23.0 Å². The van der Waals surface area contributed by atoms with Crippen LogP contribution in [-0.4, -0.2) is 49.7 Å². The minimum absolute atomic E-state index is 0.0258. The van der Waals surface area contributed by atoms with Crippen LogP contribution in [-0.2, 0) is 6.54 Å². The van der Waals surface area contributed by atoms with Gasteiger partial charge in [-0.3, -0.25) is 9.59 Å². The first kappa shape index (κ1) is 20.0. The Kier molecular flexibility index (Phi) is 5.48. The van der Waals surface area contributed by atoms with Crippen molar-refractivity contribution in [1.82, 2.24) is 24.6 Å². The summed E-state index contributed by atoms with van der Waals surface area (Å²) in [4.78, 5) is 32.3. The molecule has 0 saturated carbocycles. The van der Waals surface area contributed by atoms with Crippen LogP contribution in [0.15, 0.2) is 35.3 Å². The number of pyridine rings is 2. The molecule has 3 aromatic heterocycles. The summed E-state index contributed by atoms with van der Waals surface area (Å²) in [6, 6.07) is 7.22. The van der Waals surface area contributed by atoms with Crippen LogP contribution < -0.4 is 10.2 Å². The van der Waals surface area contributed by atoms with Gasteiger partial charge in [0.2, 0.25) is 11.3 Å². The SMILES string of the molecule is CCn1cc(C(=O)N2CCC(Oc3ccc(C)nn3)CC2)c(=O)c2ccc(C)nc21. The predicted molar refractivity (Wildman–Crippen MR) is 113 cm³/mol. The van der Waals surface area contributed by atoms with Crippen LogP contribution >= 0.6 is 0 Å². The Morgan fingerprint density at radius 3 is 2.50 bits per heavy atom. The molecule has 0 spiro atoms. The number of aromatic nitrogens is 4. The third-order valence-corrected chi connectivity index (χ3v) is 5.42. The van der Waals surface area contributed by atoms with Crippen LogP contribution in [0.1, 0.15) is 41.5 Å². The van der Waals surface area contributed by atoms with Gasteiger partial charge in [-0.1, -0.05) is 0 Å². The number of likely N-dealkylation sites (tertiary alicyclic amines) is 1. The molecule has 1 aliphatic rings. The quantitative estimate of drug-likeness (QED) is 0.660. The van der Waals surface area contributed by atoms with Gasteiger partial charge in [0.05, 0.1) is 11.1 Å². The fourth-order valence-electron chi connectivity index (χ4n) is 3.72. The summed E-state index contributed by atoms with van der Waals surface area (Å²) in [5, 5.41) is 8.52. The number of nitrogens with zero attached hydrogens (tertiary/aromatic N) is 5. The predicted octanol–water partition coefficient (Wildman–Crippen LogP) is 2.51. The van der Waals surface area contributed by atoms with Crippen molar-refractivity contribution in [3.05, 3.63) is 57.6 Å². The Hall–Kier alpha value is -3.29. The molecule has 0 aromatic carbocycles. The summed E-state index contributed by atoms with van der Waals surface area (Å²) in [7, 11) is 0. The molecule has 8 nitrogen and oxygen atoms in total. The minimum atomic E-state index is -0.263. The normalized spacial score (nSPS) is 14.8. The summed E-state index contributed by atoms with van der Waals surface area (Å²) < 4.78 is 7.75. The van der Waals surface area contributed by atoms with E-state index in [1.54, 1.807) is 29.3 Å². The lowest BCUT2D eigenvalue weighted by atomic mass is 10.1. The maximum absolute atomic E-state index is 13.1. The van der Waals surface area contributed by atoms with E-state index >= 15 is 0 Å². The largest absolute Gasteiger partial charge is 0.473 e. The highest BCUT2D eigenvalue weighted by atomic mass is 16.5. The molecule has 0 radical (unpaired) electrons. The number of carbonyl (C=O) groups excluding carboxylic acids is 1. The van der Waals surface area contributed by atoms with Gasteiger partial charge in [-0.15, -0.1) is 5.10 Å². The van der Waals surface area contributed by atoms with Crippen molar-refractivity contribution in [3.8, 4) is 5.88 Å². The van der Waals surface area contributed by atoms with Gasteiger partial charge in [-0.25, -0.2) is 4.98 Å². The van der Waals surface area contributed by atoms with Gasteiger partial charge in [0.25, 0.3) is 5.91 Å². The first-order valence-electron chi connectivity index (χ1n) is 10.2. The van der Waals surface area contributed by atoms with Gasteiger partial charge in [-0.05, 0) is 39.0 Å². The van der Waals surface area contributed by atoms with Crippen LogP contribution in [0.2, 0.25) is 0 Å². The molecule has 0 aliphatic carbocycles.